The molecule has 1 aromatic carbocycles. The lowest BCUT2D eigenvalue weighted by Gasteiger charge is -1.80. The van der Waals surface area contributed by atoms with E-state index in [1.54, 1.807) is 11.3 Å². The van der Waals surface area contributed by atoms with Gasteiger partial charge in [0, 0.05) is 5.02 Å². The van der Waals surface area contributed by atoms with Crippen molar-refractivity contribution in [3.05, 3.63) is 58.2 Å². The van der Waals surface area contributed by atoms with E-state index in [2.05, 4.69) is 0 Å². The van der Waals surface area contributed by atoms with Gasteiger partial charge in [-0.3, -0.25) is 0 Å². The molecule has 1 heterocycles. The number of hydrogen-bond donors (Lipinski definition) is 0. The van der Waals surface area contributed by atoms with Crippen molar-refractivity contribution in [3.63, 3.8) is 0 Å². The Morgan fingerprint density at radius 3 is 1.62 bits per heavy atom. The highest BCUT2D eigenvalue weighted by molar-refractivity contribution is 7.07. The van der Waals surface area contributed by atoms with E-state index in [0.717, 1.165) is 5.02 Å². The molecule has 0 atom stereocenters. The van der Waals surface area contributed by atoms with Crippen molar-refractivity contribution >= 4 is 35.3 Å². The Labute approximate surface area is 93.6 Å². The van der Waals surface area contributed by atoms with Crippen LogP contribution in [0.4, 0.5) is 0 Å². The molecule has 2 rings (SSSR count). The van der Waals surface area contributed by atoms with Gasteiger partial charge in [-0.2, -0.15) is 11.3 Å². The van der Waals surface area contributed by atoms with E-state index in [0.29, 0.717) is 0 Å². The minimum atomic E-state index is 0. The molecule has 70 valence electrons. The van der Waals surface area contributed by atoms with Gasteiger partial charge >= 0.3 is 0 Å². The number of hydrogen-bond acceptors (Lipinski definition) is 1. The maximum absolute atomic E-state index is 5.54. The van der Waals surface area contributed by atoms with Gasteiger partial charge in [0.1, 0.15) is 0 Å². The molecule has 2 aromatic rings. The summed E-state index contributed by atoms with van der Waals surface area (Å²) in [7, 11) is 0. The van der Waals surface area contributed by atoms with Gasteiger partial charge in [0.25, 0.3) is 0 Å². The van der Waals surface area contributed by atoms with Crippen molar-refractivity contribution in [2.75, 3.05) is 0 Å². The number of benzene rings is 1. The van der Waals surface area contributed by atoms with Crippen LogP contribution in [0.3, 0.4) is 0 Å². The molecule has 0 radical (unpaired) electrons. The van der Waals surface area contributed by atoms with E-state index >= 15 is 0 Å². The van der Waals surface area contributed by atoms with E-state index in [9.17, 15) is 0 Å². The zero-order valence-electron chi connectivity index (χ0n) is 6.89. The van der Waals surface area contributed by atoms with Gasteiger partial charge in [0.15, 0.2) is 0 Å². The van der Waals surface area contributed by atoms with Crippen molar-refractivity contribution < 1.29 is 0 Å². The van der Waals surface area contributed by atoms with Crippen molar-refractivity contribution in [1.82, 2.24) is 0 Å². The predicted octanol–water partition coefficient (Wildman–Crippen LogP) is 4.51. The summed E-state index contributed by atoms with van der Waals surface area (Å²) < 4.78 is 0. The van der Waals surface area contributed by atoms with Crippen LogP contribution in [-0.2, 0) is 0 Å². The highest BCUT2D eigenvalue weighted by atomic mass is 35.5. The molecule has 0 nitrogen and oxygen atoms in total. The molecular formula is C10H10Cl2S. The summed E-state index contributed by atoms with van der Waals surface area (Å²) in [6.07, 6.45) is 0. The fourth-order valence-electron chi connectivity index (χ4n) is 0.641. The van der Waals surface area contributed by atoms with Gasteiger partial charge in [-0.25, -0.2) is 0 Å². The smallest absolute Gasteiger partial charge is 0.0405 e. The van der Waals surface area contributed by atoms with Crippen molar-refractivity contribution in [2.45, 2.75) is 0 Å². The summed E-state index contributed by atoms with van der Waals surface area (Å²) >= 11 is 7.25. The third-order valence-corrected chi connectivity index (χ3v) is 2.04. The average Bonchev–Trinajstić information content (AvgIpc) is 2.62. The lowest BCUT2D eigenvalue weighted by Crippen LogP contribution is -1.55. The van der Waals surface area contributed by atoms with E-state index < -0.39 is 0 Å². The van der Waals surface area contributed by atoms with Crippen LogP contribution in [0.5, 0.6) is 0 Å². The van der Waals surface area contributed by atoms with Gasteiger partial charge in [-0.1, -0.05) is 41.9 Å². The Kier molecular flexibility index (Phi) is 7.80. The molecule has 0 aliphatic carbocycles. The molecule has 1 aromatic heterocycles. The Hall–Kier alpha value is -0.500. The van der Waals surface area contributed by atoms with E-state index in [1.165, 1.54) is 0 Å². The third kappa shape index (κ3) is 6.64. The Bertz CT molecular complexity index is 262. The van der Waals surface area contributed by atoms with Crippen LogP contribution in [0.2, 0.25) is 5.02 Å². The maximum Gasteiger partial charge on any atom is 0.0405 e. The zero-order chi connectivity index (χ0) is 8.65. The Balaban J connectivity index is 0.000000215. The topological polar surface area (TPSA) is 0 Å². The molecule has 0 amide bonds. The van der Waals surface area contributed by atoms with E-state index in [-0.39, 0.29) is 12.4 Å². The maximum atomic E-state index is 5.54. The summed E-state index contributed by atoms with van der Waals surface area (Å²) in [5, 5.41) is 4.88. The largest absolute Gasteiger partial charge is 0.152 e. The molecule has 0 saturated heterocycles. The van der Waals surface area contributed by atoms with Crippen LogP contribution in [0.25, 0.3) is 0 Å². The fraction of sp³-hybridized carbons (Fsp3) is 0. The molecule has 0 unspecified atom stereocenters. The second-order valence-corrected chi connectivity index (χ2v) is 3.34. The first kappa shape index (κ1) is 12.5. The van der Waals surface area contributed by atoms with Crippen LogP contribution in [-0.4, -0.2) is 0 Å². The van der Waals surface area contributed by atoms with Gasteiger partial charge in [-0.05, 0) is 22.9 Å². The van der Waals surface area contributed by atoms with Crippen LogP contribution in [0.15, 0.2) is 53.2 Å². The van der Waals surface area contributed by atoms with E-state index in [4.69, 9.17) is 11.6 Å². The van der Waals surface area contributed by atoms with Crippen LogP contribution in [0, 0.1) is 0 Å². The number of halogens is 2. The quantitative estimate of drug-likeness (QED) is 0.628. The minimum Gasteiger partial charge on any atom is -0.152 e. The van der Waals surface area contributed by atoms with Crippen molar-refractivity contribution in [2.24, 2.45) is 0 Å². The molecule has 0 bridgehead atoms. The molecule has 0 N–H and O–H groups in total. The fourth-order valence-corrected chi connectivity index (χ4v) is 1.24. The lowest BCUT2D eigenvalue weighted by atomic mass is 10.4. The summed E-state index contributed by atoms with van der Waals surface area (Å²) in [5.41, 5.74) is 0. The molecule has 0 saturated carbocycles. The van der Waals surface area contributed by atoms with Gasteiger partial charge < -0.3 is 0 Å². The molecule has 0 fully saturated rings. The first-order chi connectivity index (χ1) is 5.89. The summed E-state index contributed by atoms with van der Waals surface area (Å²) in [5.74, 6) is 0. The van der Waals surface area contributed by atoms with Crippen LogP contribution >= 0.6 is 35.3 Å². The third-order valence-electron chi connectivity index (χ3n) is 1.16. The number of thiophene rings is 1. The minimum absolute atomic E-state index is 0. The molecule has 0 aliphatic heterocycles. The van der Waals surface area contributed by atoms with Crippen molar-refractivity contribution in [1.29, 1.82) is 0 Å². The van der Waals surface area contributed by atoms with Gasteiger partial charge in [0.2, 0.25) is 0 Å². The van der Waals surface area contributed by atoms with Gasteiger partial charge in [-0.15, -0.1) is 12.4 Å². The van der Waals surface area contributed by atoms with Crippen LogP contribution in [0.1, 0.15) is 0 Å². The lowest BCUT2D eigenvalue weighted by molar-refractivity contribution is 1.71. The molecule has 0 spiro atoms. The molecule has 3 heteroatoms. The molecular weight excluding hydrogens is 223 g/mol. The second kappa shape index (κ2) is 8.11. The Morgan fingerprint density at radius 1 is 0.846 bits per heavy atom. The van der Waals surface area contributed by atoms with Crippen LogP contribution < -0.4 is 0 Å². The van der Waals surface area contributed by atoms with Crippen molar-refractivity contribution in [3.8, 4) is 0 Å². The standard InChI is InChI=1S/C6H5Cl.C4H4S.ClH/c7-6-4-2-1-3-5-6;1-2-4-5-3-1;/h1-5H;1-4H;1H. The molecule has 0 aliphatic rings. The first-order valence-electron chi connectivity index (χ1n) is 3.57. The average molecular weight is 233 g/mol. The van der Waals surface area contributed by atoms with Gasteiger partial charge in [0.05, 0.1) is 0 Å². The monoisotopic (exact) mass is 232 g/mol. The molecule has 13 heavy (non-hydrogen) atoms. The highest BCUT2D eigenvalue weighted by Gasteiger charge is 1.74. The SMILES string of the molecule is Cl.Clc1ccccc1.c1ccsc1. The summed E-state index contributed by atoms with van der Waals surface area (Å²) in [6, 6.07) is 13.5. The first-order valence-corrected chi connectivity index (χ1v) is 4.89. The normalized spacial score (nSPS) is 7.77. The summed E-state index contributed by atoms with van der Waals surface area (Å²) in [4.78, 5) is 0. The zero-order valence-corrected chi connectivity index (χ0v) is 9.28. The highest BCUT2D eigenvalue weighted by Crippen LogP contribution is 2.03. The second-order valence-electron chi connectivity index (χ2n) is 2.09. The number of rotatable bonds is 0. The predicted molar refractivity (Wildman–Crippen MR) is 63.0 cm³/mol. The Morgan fingerprint density at radius 2 is 1.38 bits per heavy atom. The summed E-state index contributed by atoms with van der Waals surface area (Å²) in [6.45, 7) is 0. The van der Waals surface area contributed by atoms with E-state index in [1.807, 2.05) is 53.2 Å².